The van der Waals surface area contributed by atoms with Crippen molar-refractivity contribution in [2.45, 2.75) is 38.0 Å². The van der Waals surface area contributed by atoms with Crippen LogP contribution in [-0.2, 0) is 16.1 Å². The molecule has 2 aliphatic rings. The Morgan fingerprint density at radius 2 is 2.19 bits per heavy atom. The third-order valence-electron chi connectivity index (χ3n) is 4.20. The first kappa shape index (κ1) is 14.0. The van der Waals surface area contributed by atoms with E-state index in [1.807, 2.05) is 0 Å². The molecule has 112 valence electrons. The topological polar surface area (TPSA) is 75.6 Å². The zero-order valence-electron chi connectivity index (χ0n) is 11.3. The molecular formula is C15H16FNO4. The van der Waals surface area contributed by atoms with Gasteiger partial charge in [0.1, 0.15) is 5.82 Å². The Bertz CT molecular complexity index is 589. The first-order valence-electron chi connectivity index (χ1n) is 6.99. The number of carbonyl (C=O) groups is 2. The number of halogens is 1. The monoisotopic (exact) mass is 293 g/mol. The number of benzene rings is 1. The van der Waals surface area contributed by atoms with Crippen molar-refractivity contribution in [1.82, 2.24) is 5.32 Å². The van der Waals surface area contributed by atoms with E-state index in [1.54, 1.807) is 0 Å². The van der Waals surface area contributed by atoms with Gasteiger partial charge in [-0.2, -0.15) is 0 Å². The molecule has 6 heteroatoms. The molecule has 2 heterocycles. The van der Waals surface area contributed by atoms with Crippen molar-refractivity contribution in [2.75, 3.05) is 0 Å². The number of rotatable bonds is 4. The largest absolute Gasteiger partial charge is 0.478 e. The summed E-state index contributed by atoms with van der Waals surface area (Å²) in [6, 6.07) is 3.67. The highest BCUT2D eigenvalue weighted by Crippen LogP contribution is 2.38. The Labute approximate surface area is 121 Å². The molecule has 2 bridgehead atoms. The lowest BCUT2D eigenvalue weighted by atomic mass is 9.88. The van der Waals surface area contributed by atoms with Crippen molar-refractivity contribution in [3.63, 3.8) is 0 Å². The average Bonchev–Trinajstić information content (AvgIpc) is 3.08. The standard InChI is InChI=1S/C15H16FNO4/c16-12-5-8(15(19)20)1-2-9(12)7-17-14(18)11-6-10-3-4-13(11)21-10/h1-2,5,10-11,13H,3-4,6-7H2,(H,17,18)(H,19,20). The van der Waals surface area contributed by atoms with Gasteiger partial charge in [0.2, 0.25) is 5.91 Å². The first-order valence-corrected chi connectivity index (χ1v) is 6.99. The molecule has 2 aliphatic heterocycles. The number of carboxylic acid groups (broad SMARTS) is 1. The number of hydrogen-bond acceptors (Lipinski definition) is 3. The number of carboxylic acids is 1. The molecule has 3 unspecified atom stereocenters. The Hall–Kier alpha value is -1.95. The molecule has 3 atom stereocenters. The molecule has 0 aliphatic carbocycles. The Morgan fingerprint density at radius 1 is 1.38 bits per heavy atom. The molecule has 21 heavy (non-hydrogen) atoms. The van der Waals surface area contributed by atoms with Gasteiger partial charge in [0.15, 0.2) is 0 Å². The maximum Gasteiger partial charge on any atom is 0.335 e. The van der Waals surface area contributed by atoms with E-state index < -0.39 is 11.8 Å². The summed E-state index contributed by atoms with van der Waals surface area (Å²) in [5.74, 6) is -2.07. The maximum atomic E-state index is 13.7. The van der Waals surface area contributed by atoms with E-state index in [0.717, 1.165) is 25.3 Å². The second-order valence-corrected chi connectivity index (χ2v) is 5.55. The number of amides is 1. The van der Waals surface area contributed by atoms with Crippen LogP contribution in [0.4, 0.5) is 4.39 Å². The van der Waals surface area contributed by atoms with E-state index in [-0.39, 0.29) is 41.7 Å². The molecule has 3 rings (SSSR count). The average molecular weight is 293 g/mol. The molecule has 2 fully saturated rings. The van der Waals surface area contributed by atoms with Crippen LogP contribution in [0.2, 0.25) is 0 Å². The van der Waals surface area contributed by atoms with E-state index in [9.17, 15) is 14.0 Å². The van der Waals surface area contributed by atoms with Gasteiger partial charge < -0.3 is 15.2 Å². The number of hydrogen-bond donors (Lipinski definition) is 2. The highest BCUT2D eigenvalue weighted by atomic mass is 19.1. The Kier molecular flexibility index (Phi) is 3.63. The smallest absolute Gasteiger partial charge is 0.335 e. The zero-order chi connectivity index (χ0) is 15.0. The summed E-state index contributed by atoms with van der Waals surface area (Å²) >= 11 is 0. The number of aromatic carboxylic acids is 1. The van der Waals surface area contributed by atoms with Crippen molar-refractivity contribution in [3.05, 3.63) is 35.1 Å². The fourth-order valence-corrected chi connectivity index (χ4v) is 3.05. The van der Waals surface area contributed by atoms with Gasteiger partial charge in [-0.3, -0.25) is 4.79 Å². The summed E-state index contributed by atoms with van der Waals surface area (Å²) in [6.07, 6.45) is 2.84. The molecule has 5 nitrogen and oxygen atoms in total. The van der Waals surface area contributed by atoms with Crippen LogP contribution in [0.15, 0.2) is 18.2 Å². The lowest BCUT2D eigenvalue weighted by Gasteiger charge is -2.18. The lowest BCUT2D eigenvalue weighted by molar-refractivity contribution is -0.126. The summed E-state index contributed by atoms with van der Waals surface area (Å²) in [7, 11) is 0. The van der Waals surface area contributed by atoms with Gasteiger partial charge in [0.25, 0.3) is 0 Å². The first-order chi connectivity index (χ1) is 10.0. The quantitative estimate of drug-likeness (QED) is 0.886. The second-order valence-electron chi connectivity index (χ2n) is 5.55. The van der Waals surface area contributed by atoms with Gasteiger partial charge in [-0.1, -0.05) is 6.07 Å². The third-order valence-corrected chi connectivity index (χ3v) is 4.20. The summed E-state index contributed by atoms with van der Waals surface area (Å²) in [4.78, 5) is 22.8. The molecule has 0 aromatic heterocycles. The molecule has 1 amide bonds. The minimum atomic E-state index is -1.18. The number of fused-ring (bicyclic) bond motifs is 2. The van der Waals surface area contributed by atoms with Crippen LogP contribution < -0.4 is 5.32 Å². The molecule has 0 radical (unpaired) electrons. The van der Waals surface area contributed by atoms with Crippen molar-refractivity contribution >= 4 is 11.9 Å². The summed E-state index contributed by atoms with van der Waals surface area (Å²) < 4.78 is 19.4. The van der Waals surface area contributed by atoms with Crippen molar-refractivity contribution < 1.29 is 23.8 Å². The number of carbonyl (C=O) groups excluding carboxylic acids is 1. The van der Waals surface area contributed by atoms with Crippen LogP contribution >= 0.6 is 0 Å². The van der Waals surface area contributed by atoms with Gasteiger partial charge in [0, 0.05) is 12.1 Å². The summed E-state index contributed by atoms with van der Waals surface area (Å²) in [5, 5.41) is 11.5. The van der Waals surface area contributed by atoms with Crippen molar-refractivity contribution in [2.24, 2.45) is 5.92 Å². The maximum absolute atomic E-state index is 13.7. The van der Waals surface area contributed by atoms with Crippen LogP contribution in [0.25, 0.3) is 0 Å². The van der Waals surface area contributed by atoms with Gasteiger partial charge in [-0.25, -0.2) is 9.18 Å². The predicted molar refractivity (Wildman–Crippen MR) is 71.2 cm³/mol. The second kappa shape index (κ2) is 5.44. The Morgan fingerprint density at radius 3 is 2.76 bits per heavy atom. The SMILES string of the molecule is O=C(O)c1ccc(CNC(=O)C2CC3CCC2O3)c(F)c1. The fraction of sp³-hybridized carbons (Fsp3) is 0.467. The molecule has 0 saturated carbocycles. The van der Waals surface area contributed by atoms with Crippen molar-refractivity contribution in [1.29, 1.82) is 0 Å². The van der Waals surface area contributed by atoms with Crippen LogP contribution in [0.3, 0.4) is 0 Å². The molecule has 2 N–H and O–H groups in total. The normalized spacial score (nSPS) is 26.8. The van der Waals surface area contributed by atoms with Gasteiger partial charge in [0.05, 0.1) is 23.7 Å². The van der Waals surface area contributed by atoms with Crippen molar-refractivity contribution in [3.8, 4) is 0 Å². The predicted octanol–water partition coefficient (Wildman–Crippen LogP) is 1.71. The summed E-state index contributed by atoms with van der Waals surface area (Å²) in [5.41, 5.74) is 0.168. The van der Waals surface area contributed by atoms with Gasteiger partial charge >= 0.3 is 5.97 Å². The highest BCUT2D eigenvalue weighted by Gasteiger charge is 2.44. The van der Waals surface area contributed by atoms with E-state index in [0.29, 0.717) is 0 Å². The number of nitrogens with one attached hydrogen (secondary N) is 1. The minimum absolute atomic E-state index is 0.00534. The van der Waals surface area contributed by atoms with E-state index in [1.165, 1.54) is 12.1 Å². The van der Waals surface area contributed by atoms with E-state index in [2.05, 4.69) is 5.32 Å². The molecular weight excluding hydrogens is 277 g/mol. The number of ether oxygens (including phenoxy) is 1. The van der Waals surface area contributed by atoms with Crippen LogP contribution in [0.1, 0.15) is 35.2 Å². The zero-order valence-corrected chi connectivity index (χ0v) is 11.3. The molecule has 0 spiro atoms. The fourth-order valence-electron chi connectivity index (χ4n) is 3.05. The Balaban J connectivity index is 1.60. The molecule has 1 aromatic rings. The van der Waals surface area contributed by atoms with Crippen LogP contribution in [-0.4, -0.2) is 29.2 Å². The molecule has 1 aromatic carbocycles. The van der Waals surface area contributed by atoms with E-state index >= 15 is 0 Å². The molecule has 2 saturated heterocycles. The highest BCUT2D eigenvalue weighted by molar-refractivity contribution is 5.87. The summed E-state index contributed by atoms with van der Waals surface area (Å²) in [6.45, 7) is 0.0540. The van der Waals surface area contributed by atoms with Crippen LogP contribution in [0.5, 0.6) is 0 Å². The van der Waals surface area contributed by atoms with E-state index in [4.69, 9.17) is 9.84 Å². The third kappa shape index (κ3) is 2.76. The minimum Gasteiger partial charge on any atom is -0.478 e. The lowest BCUT2D eigenvalue weighted by Crippen LogP contribution is -2.35. The van der Waals surface area contributed by atoms with Gasteiger partial charge in [-0.05, 0) is 31.4 Å². The van der Waals surface area contributed by atoms with Gasteiger partial charge in [-0.15, -0.1) is 0 Å². The van der Waals surface area contributed by atoms with Crippen LogP contribution in [0, 0.1) is 11.7 Å².